The number of hydrogen-bond acceptors (Lipinski definition) is 7. The second-order valence-electron chi connectivity index (χ2n) is 8.36. The third-order valence-corrected chi connectivity index (χ3v) is 7.52. The minimum Gasteiger partial charge on any atom is -0.339 e. The monoisotopic (exact) mass is 498 g/mol. The maximum absolute atomic E-state index is 12.5. The molecule has 1 saturated carbocycles. The molecular formula is C23H23ClN6O3S. The van der Waals surface area contributed by atoms with E-state index in [0.717, 1.165) is 29.8 Å². The number of halogens is 1. The largest absolute Gasteiger partial charge is 0.339 e. The molecule has 0 unspecified atom stereocenters. The molecule has 1 amide bonds. The van der Waals surface area contributed by atoms with Gasteiger partial charge in [0.15, 0.2) is 5.82 Å². The normalized spacial score (nSPS) is 15.7. The molecule has 3 aromatic rings. The summed E-state index contributed by atoms with van der Waals surface area (Å²) >= 11 is 6.32. The van der Waals surface area contributed by atoms with E-state index < -0.39 is 10.0 Å². The van der Waals surface area contributed by atoms with E-state index >= 15 is 0 Å². The van der Waals surface area contributed by atoms with Crippen LogP contribution >= 0.6 is 11.6 Å². The summed E-state index contributed by atoms with van der Waals surface area (Å²) in [5.41, 5.74) is 3.28. The van der Waals surface area contributed by atoms with Crippen molar-refractivity contribution in [3.05, 3.63) is 59.2 Å². The third-order valence-electron chi connectivity index (χ3n) is 5.73. The Bertz CT molecular complexity index is 1380. The number of nitrogens with zero attached hydrogens (tertiary/aromatic N) is 3. The lowest BCUT2D eigenvalue weighted by atomic mass is 10.0. The quantitative estimate of drug-likeness (QED) is 0.451. The van der Waals surface area contributed by atoms with Crippen LogP contribution in [0.5, 0.6) is 0 Å². The Labute approximate surface area is 202 Å². The Morgan fingerprint density at radius 2 is 1.85 bits per heavy atom. The highest BCUT2D eigenvalue weighted by atomic mass is 35.5. The van der Waals surface area contributed by atoms with Crippen LogP contribution in [0, 0.1) is 0 Å². The van der Waals surface area contributed by atoms with Gasteiger partial charge in [0.2, 0.25) is 21.9 Å². The second kappa shape index (κ2) is 8.86. The number of rotatable bonds is 7. The Morgan fingerprint density at radius 3 is 2.65 bits per heavy atom. The Hall–Kier alpha value is -3.21. The summed E-state index contributed by atoms with van der Waals surface area (Å²) in [6, 6.07) is 12.2. The molecule has 1 aliphatic heterocycles. The number of carbonyl (C=O) groups excluding carboxylic acids is 1. The molecule has 176 valence electrons. The van der Waals surface area contributed by atoms with Crippen LogP contribution in [-0.4, -0.2) is 37.4 Å². The summed E-state index contributed by atoms with van der Waals surface area (Å²) in [5.74, 6) is 0.765. The number of benzene rings is 2. The Kier molecular flexibility index (Phi) is 5.88. The van der Waals surface area contributed by atoms with Gasteiger partial charge in [0.05, 0.1) is 11.1 Å². The maximum Gasteiger partial charge on any atom is 0.240 e. The lowest BCUT2D eigenvalue weighted by Crippen LogP contribution is -2.31. The fourth-order valence-electron chi connectivity index (χ4n) is 3.74. The SMILES string of the molecule is CN1C(=O)CCc2cc(Nc3nc(Nc4cccc(S(=O)(=O)NC5CC5)c4)ncc3Cl)ccc21. The zero-order valence-electron chi connectivity index (χ0n) is 18.4. The number of aryl methyl sites for hydroxylation is 1. The summed E-state index contributed by atoms with van der Waals surface area (Å²) in [7, 11) is -1.80. The fourth-order valence-corrected chi connectivity index (χ4v) is 5.23. The van der Waals surface area contributed by atoms with Gasteiger partial charge in [-0.3, -0.25) is 4.79 Å². The van der Waals surface area contributed by atoms with Crippen LogP contribution in [-0.2, 0) is 21.2 Å². The summed E-state index contributed by atoms with van der Waals surface area (Å²) in [4.78, 5) is 22.4. The molecule has 0 spiro atoms. The molecule has 1 aliphatic carbocycles. The van der Waals surface area contributed by atoms with Crippen molar-refractivity contribution in [1.29, 1.82) is 0 Å². The van der Waals surface area contributed by atoms with E-state index in [2.05, 4.69) is 25.3 Å². The summed E-state index contributed by atoms with van der Waals surface area (Å²) in [6.45, 7) is 0. The molecule has 2 aliphatic rings. The number of hydrogen-bond donors (Lipinski definition) is 3. The number of amides is 1. The van der Waals surface area contributed by atoms with Gasteiger partial charge in [-0.2, -0.15) is 4.98 Å². The number of anilines is 5. The smallest absolute Gasteiger partial charge is 0.240 e. The van der Waals surface area contributed by atoms with Crippen LogP contribution in [0.25, 0.3) is 0 Å². The van der Waals surface area contributed by atoms with E-state index in [4.69, 9.17) is 11.6 Å². The first kappa shape index (κ1) is 22.6. The molecule has 0 radical (unpaired) electrons. The molecule has 9 nitrogen and oxygen atoms in total. The van der Waals surface area contributed by atoms with Crippen molar-refractivity contribution in [2.75, 3.05) is 22.6 Å². The van der Waals surface area contributed by atoms with Crippen molar-refractivity contribution >= 4 is 56.4 Å². The van der Waals surface area contributed by atoms with Gasteiger partial charge in [0.1, 0.15) is 5.02 Å². The van der Waals surface area contributed by atoms with Crippen LogP contribution in [0.1, 0.15) is 24.8 Å². The molecule has 3 N–H and O–H groups in total. The van der Waals surface area contributed by atoms with Crippen molar-refractivity contribution in [2.24, 2.45) is 0 Å². The highest BCUT2D eigenvalue weighted by Crippen LogP contribution is 2.32. The number of nitrogens with one attached hydrogen (secondary N) is 3. The van der Waals surface area contributed by atoms with Crippen molar-refractivity contribution < 1.29 is 13.2 Å². The third kappa shape index (κ3) is 4.84. The van der Waals surface area contributed by atoms with Crippen molar-refractivity contribution in [3.63, 3.8) is 0 Å². The zero-order valence-corrected chi connectivity index (χ0v) is 19.9. The second-order valence-corrected chi connectivity index (χ2v) is 10.5. The van der Waals surface area contributed by atoms with Crippen LogP contribution in [0.4, 0.5) is 28.8 Å². The van der Waals surface area contributed by atoms with Gasteiger partial charge in [0, 0.05) is 36.6 Å². The van der Waals surface area contributed by atoms with E-state index in [1.807, 2.05) is 18.2 Å². The van der Waals surface area contributed by atoms with Gasteiger partial charge in [-0.25, -0.2) is 18.1 Å². The van der Waals surface area contributed by atoms with Gasteiger partial charge in [0.25, 0.3) is 0 Å². The molecule has 1 fully saturated rings. The predicted octanol–water partition coefficient (Wildman–Crippen LogP) is 3.97. The first-order chi connectivity index (χ1) is 16.3. The van der Waals surface area contributed by atoms with Gasteiger partial charge < -0.3 is 15.5 Å². The molecule has 5 rings (SSSR count). The van der Waals surface area contributed by atoms with Gasteiger partial charge >= 0.3 is 0 Å². The Balaban J connectivity index is 1.35. The number of sulfonamides is 1. The van der Waals surface area contributed by atoms with Crippen molar-refractivity contribution in [2.45, 2.75) is 36.6 Å². The topological polar surface area (TPSA) is 116 Å². The average molecular weight is 499 g/mol. The first-order valence-electron chi connectivity index (χ1n) is 10.9. The fraction of sp³-hybridized carbons (Fsp3) is 0.261. The van der Waals surface area contributed by atoms with Crippen molar-refractivity contribution in [3.8, 4) is 0 Å². The minimum absolute atomic E-state index is 0.0272. The number of aromatic nitrogens is 2. The lowest BCUT2D eigenvalue weighted by Gasteiger charge is -2.26. The summed E-state index contributed by atoms with van der Waals surface area (Å²) in [6.07, 6.45) is 4.35. The van der Waals surface area contributed by atoms with Gasteiger partial charge in [-0.1, -0.05) is 17.7 Å². The molecule has 2 heterocycles. The zero-order chi connectivity index (χ0) is 23.9. The molecule has 0 saturated heterocycles. The number of fused-ring (bicyclic) bond motifs is 1. The van der Waals surface area contributed by atoms with E-state index in [1.54, 1.807) is 30.1 Å². The van der Waals surface area contributed by atoms with Crippen LogP contribution in [0.15, 0.2) is 53.6 Å². The van der Waals surface area contributed by atoms with Crippen LogP contribution in [0.2, 0.25) is 5.02 Å². The molecular weight excluding hydrogens is 476 g/mol. The predicted molar refractivity (Wildman–Crippen MR) is 132 cm³/mol. The first-order valence-corrected chi connectivity index (χ1v) is 12.7. The van der Waals surface area contributed by atoms with E-state index in [1.165, 1.54) is 12.3 Å². The molecule has 1 aromatic heterocycles. The molecule has 0 atom stereocenters. The standard InChI is InChI=1S/C23H23ClN6O3S/c1-30-20-9-8-17(11-14(20)5-10-21(30)31)26-22-19(24)13-25-23(28-22)27-16-3-2-4-18(12-16)34(32,33)29-15-6-7-15/h2-4,8-9,11-13,15,29H,5-7,10H2,1H3,(H2,25,26,27,28). The molecule has 34 heavy (non-hydrogen) atoms. The summed E-state index contributed by atoms with van der Waals surface area (Å²) in [5, 5.41) is 6.58. The molecule has 11 heteroatoms. The molecule has 2 aromatic carbocycles. The van der Waals surface area contributed by atoms with Crippen molar-refractivity contribution in [1.82, 2.24) is 14.7 Å². The van der Waals surface area contributed by atoms with Crippen LogP contribution < -0.4 is 20.3 Å². The average Bonchev–Trinajstić information content (AvgIpc) is 3.62. The van der Waals surface area contributed by atoms with Crippen LogP contribution in [0.3, 0.4) is 0 Å². The van der Waals surface area contributed by atoms with Gasteiger partial charge in [-0.05, 0) is 61.2 Å². The Morgan fingerprint density at radius 1 is 1.06 bits per heavy atom. The van der Waals surface area contributed by atoms with E-state index in [0.29, 0.717) is 29.4 Å². The van der Waals surface area contributed by atoms with Gasteiger partial charge in [-0.15, -0.1) is 0 Å². The number of carbonyl (C=O) groups is 1. The highest BCUT2D eigenvalue weighted by molar-refractivity contribution is 7.89. The molecule has 0 bridgehead atoms. The highest BCUT2D eigenvalue weighted by Gasteiger charge is 2.28. The minimum atomic E-state index is -3.57. The summed E-state index contributed by atoms with van der Waals surface area (Å²) < 4.78 is 27.7. The van der Waals surface area contributed by atoms with E-state index in [-0.39, 0.29) is 22.8 Å². The van der Waals surface area contributed by atoms with E-state index in [9.17, 15) is 13.2 Å². The maximum atomic E-state index is 12.5. The lowest BCUT2D eigenvalue weighted by molar-refractivity contribution is -0.118.